The molecular weight excluding hydrogens is 284 g/mol. The van der Waals surface area contributed by atoms with Gasteiger partial charge in [-0.1, -0.05) is 36.4 Å². The van der Waals surface area contributed by atoms with Crippen LogP contribution < -0.4 is 5.69 Å². The summed E-state index contributed by atoms with van der Waals surface area (Å²) in [5, 5.41) is 0. The third-order valence-electron chi connectivity index (χ3n) is 4.35. The van der Waals surface area contributed by atoms with Gasteiger partial charge in [0.1, 0.15) is 0 Å². The lowest BCUT2D eigenvalue weighted by Crippen LogP contribution is -2.23. The first kappa shape index (κ1) is 15.3. The van der Waals surface area contributed by atoms with Crippen molar-refractivity contribution in [3.63, 3.8) is 0 Å². The van der Waals surface area contributed by atoms with E-state index in [2.05, 4.69) is 57.7 Å². The lowest BCUT2D eigenvalue weighted by atomic mass is 10.1. The fourth-order valence-corrected chi connectivity index (χ4v) is 3.02. The number of aromatic nitrogens is 2. The van der Waals surface area contributed by atoms with Crippen LogP contribution in [0.1, 0.15) is 29.2 Å². The van der Waals surface area contributed by atoms with E-state index >= 15 is 0 Å². The Hall–Kier alpha value is -2.55. The molecule has 0 aliphatic carbocycles. The van der Waals surface area contributed by atoms with Crippen molar-refractivity contribution < 1.29 is 0 Å². The Kier molecular flexibility index (Phi) is 3.72. The van der Waals surface area contributed by atoms with Gasteiger partial charge in [-0.2, -0.15) is 0 Å². The van der Waals surface area contributed by atoms with Crippen molar-refractivity contribution >= 4 is 16.7 Å². The van der Waals surface area contributed by atoms with E-state index in [4.69, 9.17) is 0 Å². The standard InChI is InChI=1S/C20H22N2O/c1-13(2)22-19-11-16(5)15(4)10-18(19)21(20(22)23)12-17-8-6-7-14(3)9-17/h6-11H,1,12H2,2-5H3. The van der Waals surface area contributed by atoms with Crippen LogP contribution in [-0.2, 0) is 6.54 Å². The highest BCUT2D eigenvalue weighted by Crippen LogP contribution is 2.21. The van der Waals surface area contributed by atoms with Gasteiger partial charge in [-0.25, -0.2) is 4.79 Å². The zero-order valence-corrected chi connectivity index (χ0v) is 14.2. The second kappa shape index (κ2) is 5.58. The molecule has 1 heterocycles. The SMILES string of the molecule is C=C(C)n1c(=O)n(Cc2cccc(C)c2)c2cc(C)c(C)cc21. The van der Waals surface area contributed by atoms with E-state index in [9.17, 15) is 4.79 Å². The van der Waals surface area contributed by atoms with Crippen molar-refractivity contribution in [3.05, 3.63) is 75.7 Å². The quantitative estimate of drug-likeness (QED) is 0.710. The molecule has 0 unspecified atom stereocenters. The number of nitrogens with zero attached hydrogens (tertiary/aromatic N) is 2. The zero-order chi connectivity index (χ0) is 16.7. The minimum absolute atomic E-state index is 0.0287. The molecule has 0 aliphatic rings. The van der Waals surface area contributed by atoms with Crippen molar-refractivity contribution in [1.82, 2.24) is 9.13 Å². The second-order valence-electron chi connectivity index (χ2n) is 6.35. The first-order valence-corrected chi connectivity index (χ1v) is 7.82. The van der Waals surface area contributed by atoms with Crippen molar-refractivity contribution in [2.45, 2.75) is 34.2 Å². The van der Waals surface area contributed by atoms with Gasteiger partial charge in [0.2, 0.25) is 0 Å². The summed E-state index contributed by atoms with van der Waals surface area (Å²) >= 11 is 0. The fraction of sp³-hybridized carbons (Fsp3) is 0.250. The fourth-order valence-electron chi connectivity index (χ4n) is 3.02. The van der Waals surface area contributed by atoms with E-state index in [1.165, 1.54) is 16.7 Å². The largest absolute Gasteiger partial charge is 0.333 e. The normalized spacial score (nSPS) is 11.1. The monoisotopic (exact) mass is 306 g/mol. The van der Waals surface area contributed by atoms with Crippen molar-refractivity contribution in [1.29, 1.82) is 0 Å². The summed E-state index contributed by atoms with van der Waals surface area (Å²) in [6, 6.07) is 12.5. The van der Waals surface area contributed by atoms with Gasteiger partial charge in [0.05, 0.1) is 17.6 Å². The molecule has 3 heteroatoms. The highest BCUT2D eigenvalue weighted by Gasteiger charge is 2.15. The number of imidazole rings is 1. The topological polar surface area (TPSA) is 26.9 Å². The number of fused-ring (bicyclic) bond motifs is 1. The Morgan fingerprint density at radius 3 is 2.30 bits per heavy atom. The maximum atomic E-state index is 12.9. The number of rotatable bonds is 3. The Morgan fingerprint density at radius 1 is 1.04 bits per heavy atom. The van der Waals surface area contributed by atoms with Crippen LogP contribution in [0.15, 0.2) is 47.8 Å². The minimum Gasteiger partial charge on any atom is -0.287 e. The molecule has 0 bridgehead atoms. The average Bonchev–Trinajstić information content (AvgIpc) is 2.72. The summed E-state index contributed by atoms with van der Waals surface area (Å²) in [6.45, 7) is 12.6. The summed E-state index contributed by atoms with van der Waals surface area (Å²) in [4.78, 5) is 12.9. The van der Waals surface area contributed by atoms with E-state index < -0.39 is 0 Å². The Labute approximate surface area is 136 Å². The molecule has 0 amide bonds. The molecule has 0 saturated heterocycles. The third kappa shape index (κ3) is 2.63. The van der Waals surface area contributed by atoms with Crippen LogP contribution in [0.25, 0.3) is 16.7 Å². The van der Waals surface area contributed by atoms with Gasteiger partial charge >= 0.3 is 5.69 Å². The van der Waals surface area contributed by atoms with Gasteiger partial charge in [-0.15, -0.1) is 0 Å². The molecule has 0 fully saturated rings. The van der Waals surface area contributed by atoms with Crippen LogP contribution in [0.5, 0.6) is 0 Å². The van der Waals surface area contributed by atoms with Crippen molar-refractivity contribution in [2.75, 3.05) is 0 Å². The Morgan fingerprint density at radius 2 is 1.70 bits per heavy atom. The average molecular weight is 306 g/mol. The first-order chi connectivity index (χ1) is 10.9. The van der Waals surface area contributed by atoms with Gasteiger partial charge in [0, 0.05) is 5.70 Å². The van der Waals surface area contributed by atoms with Crippen molar-refractivity contribution in [3.8, 4) is 0 Å². The lowest BCUT2D eigenvalue weighted by molar-refractivity contribution is 0.765. The Bertz CT molecular complexity index is 973. The number of allylic oxidation sites excluding steroid dienone is 1. The van der Waals surface area contributed by atoms with Gasteiger partial charge in [-0.3, -0.25) is 9.13 Å². The summed E-state index contributed by atoms with van der Waals surface area (Å²) < 4.78 is 3.54. The Balaban J connectivity index is 2.28. The molecule has 0 atom stereocenters. The van der Waals surface area contributed by atoms with E-state index in [-0.39, 0.29) is 5.69 Å². The van der Waals surface area contributed by atoms with Gasteiger partial charge in [0.15, 0.2) is 0 Å². The number of hydrogen-bond donors (Lipinski definition) is 0. The van der Waals surface area contributed by atoms with Crippen LogP contribution >= 0.6 is 0 Å². The molecule has 0 saturated carbocycles. The van der Waals surface area contributed by atoms with Crippen molar-refractivity contribution in [2.24, 2.45) is 0 Å². The predicted octanol–water partition coefficient (Wildman–Crippen LogP) is 4.27. The predicted molar refractivity (Wildman–Crippen MR) is 97.0 cm³/mol. The van der Waals surface area contributed by atoms with Crippen LogP contribution in [0.2, 0.25) is 0 Å². The number of aryl methyl sites for hydroxylation is 3. The second-order valence-corrected chi connectivity index (χ2v) is 6.35. The van der Waals surface area contributed by atoms with E-state index in [1.807, 2.05) is 17.6 Å². The molecule has 3 aromatic rings. The molecule has 0 spiro atoms. The van der Waals surface area contributed by atoms with E-state index in [0.717, 1.165) is 22.3 Å². The molecule has 2 aromatic carbocycles. The summed E-state index contributed by atoms with van der Waals surface area (Å²) in [6.07, 6.45) is 0. The van der Waals surface area contributed by atoms with E-state index in [1.54, 1.807) is 4.57 Å². The highest BCUT2D eigenvalue weighted by atomic mass is 16.1. The smallest absolute Gasteiger partial charge is 0.287 e. The van der Waals surface area contributed by atoms with Crippen LogP contribution in [0, 0.1) is 20.8 Å². The highest BCUT2D eigenvalue weighted by molar-refractivity contribution is 5.81. The maximum Gasteiger partial charge on any atom is 0.333 e. The molecule has 0 N–H and O–H groups in total. The molecule has 0 radical (unpaired) electrons. The van der Waals surface area contributed by atoms with Crippen LogP contribution in [0.4, 0.5) is 0 Å². The minimum atomic E-state index is -0.0287. The molecule has 1 aromatic heterocycles. The molecule has 3 nitrogen and oxygen atoms in total. The maximum absolute atomic E-state index is 12.9. The summed E-state index contributed by atoms with van der Waals surface area (Å²) in [7, 11) is 0. The zero-order valence-electron chi connectivity index (χ0n) is 14.2. The molecule has 3 rings (SSSR count). The number of benzene rings is 2. The first-order valence-electron chi connectivity index (χ1n) is 7.82. The molecular formula is C20H22N2O. The molecule has 23 heavy (non-hydrogen) atoms. The van der Waals surface area contributed by atoms with E-state index in [0.29, 0.717) is 6.54 Å². The van der Waals surface area contributed by atoms with Crippen LogP contribution in [0.3, 0.4) is 0 Å². The van der Waals surface area contributed by atoms with Gasteiger partial charge in [0.25, 0.3) is 0 Å². The molecule has 118 valence electrons. The van der Waals surface area contributed by atoms with Crippen LogP contribution in [-0.4, -0.2) is 9.13 Å². The third-order valence-corrected chi connectivity index (χ3v) is 4.35. The number of hydrogen-bond acceptors (Lipinski definition) is 1. The molecule has 0 aliphatic heterocycles. The summed E-state index contributed by atoms with van der Waals surface area (Å²) in [5.41, 5.74) is 7.30. The van der Waals surface area contributed by atoms with Gasteiger partial charge < -0.3 is 0 Å². The van der Waals surface area contributed by atoms with Gasteiger partial charge in [-0.05, 0) is 56.5 Å². The summed E-state index contributed by atoms with van der Waals surface area (Å²) in [5.74, 6) is 0. The lowest BCUT2D eigenvalue weighted by Gasteiger charge is -2.06.